The minimum absolute atomic E-state index is 0.211. The molecule has 0 bridgehead atoms. The zero-order chi connectivity index (χ0) is 15.9. The Morgan fingerprint density at radius 2 is 1.68 bits per heavy atom. The number of nitrogens with zero attached hydrogens (tertiary/aromatic N) is 1. The molecule has 1 heterocycles. The van der Waals surface area contributed by atoms with Gasteiger partial charge in [-0.1, -0.05) is 6.07 Å². The predicted octanol–water partition coefficient (Wildman–Crippen LogP) is 3.29. The lowest BCUT2D eigenvalue weighted by atomic mass is 10.1. The number of rotatable bonds is 3. The lowest BCUT2D eigenvalue weighted by Crippen LogP contribution is -2.13. The third-order valence-electron chi connectivity index (χ3n) is 3.36. The Kier molecular flexibility index (Phi) is 3.41. The van der Waals surface area contributed by atoms with Crippen molar-refractivity contribution in [2.45, 2.75) is 25.7 Å². The molecule has 0 fully saturated rings. The van der Waals surface area contributed by atoms with Crippen molar-refractivity contribution in [2.24, 2.45) is 0 Å². The number of imidazole rings is 1. The van der Waals surface area contributed by atoms with Crippen molar-refractivity contribution in [1.29, 1.82) is 0 Å². The van der Waals surface area contributed by atoms with Crippen LogP contribution in [0.5, 0.6) is 0 Å². The highest BCUT2D eigenvalue weighted by Gasteiger charge is 2.16. The summed E-state index contributed by atoms with van der Waals surface area (Å²) < 4.78 is 27.7. The maximum atomic E-state index is 12.5. The van der Waals surface area contributed by atoms with E-state index in [2.05, 4.69) is 14.7 Å². The molecule has 0 amide bonds. The van der Waals surface area contributed by atoms with Crippen molar-refractivity contribution < 1.29 is 8.42 Å². The Balaban J connectivity index is 2.00. The van der Waals surface area contributed by atoms with Crippen molar-refractivity contribution >= 4 is 26.7 Å². The molecule has 114 valence electrons. The lowest BCUT2D eigenvalue weighted by molar-refractivity contribution is 0.601. The quantitative estimate of drug-likeness (QED) is 0.779. The van der Waals surface area contributed by atoms with Crippen molar-refractivity contribution in [3.8, 4) is 0 Å². The van der Waals surface area contributed by atoms with Crippen LogP contribution < -0.4 is 4.72 Å². The molecule has 0 aliphatic carbocycles. The predicted molar refractivity (Wildman–Crippen MR) is 87.6 cm³/mol. The van der Waals surface area contributed by atoms with Gasteiger partial charge in [0.15, 0.2) is 0 Å². The number of aryl methyl sites for hydroxylation is 3. The third-order valence-corrected chi connectivity index (χ3v) is 4.73. The van der Waals surface area contributed by atoms with Gasteiger partial charge < -0.3 is 4.98 Å². The highest BCUT2D eigenvalue weighted by atomic mass is 32.2. The van der Waals surface area contributed by atoms with Crippen molar-refractivity contribution in [3.05, 3.63) is 53.3 Å². The first-order valence-corrected chi connectivity index (χ1v) is 8.39. The minimum atomic E-state index is -3.63. The van der Waals surface area contributed by atoms with Gasteiger partial charge in [-0.3, -0.25) is 4.72 Å². The first kappa shape index (κ1) is 14.6. The summed E-state index contributed by atoms with van der Waals surface area (Å²) in [5, 5.41) is 0. The molecule has 0 spiro atoms. The molecule has 0 radical (unpaired) electrons. The van der Waals surface area contributed by atoms with Crippen LogP contribution in [-0.2, 0) is 10.0 Å². The summed E-state index contributed by atoms with van der Waals surface area (Å²) in [6.07, 6.45) is 0. The molecule has 0 aliphatic rings. The third kappa shape index (κ3) is 2.82. The van der Waals surface area contributed by atoms with E-state index in [1.807, 2.05) is 39.0 Å². The Labute approximate surface area is 129 Å². The Morgan fingerprint density at radius 3 is 2.36 bits per heavy atom. The number of sulfonamides is 1. The number of hydrogen-bond donors (Lipinski definition) is 2. The topological polar surface area (TPSA) is 74.8 Å². The number of hydrogen-bond acceptors (Lipinski definition) is 3. The molecule has 0 saturated carbocycles. The first-order valence-electron chi connectivity index (χ1n) is 6.91. The zero-order valence-corrected chi connectivity index (χ0v) is 13.5. The van der Waals surface area contributed by atoms with Crippen molar-refractivity contribution in [1.82, 2.24) is 9.97 Å². The lowest BCUT2D eigenvalue weighted by Gasteiger charge is -2.10. The van der Waals surface area contributed by atoms with E-state index in [4.69, 9.17) is 0 Å². The number of fused-ring (bicyclic) bond motifs is 1. The number of aromatic nitrogens is 2. The number of benzene rings is 2. The van der Waals surface area contributed by atoms with Crippen LogP contribution in [0.25, 0.3) is 11.0 Å². The summed E-state index contributed by atoms with van der Waals surface area (Å²) in [7, 11) is -3.63. The van der Waals surface area contributed by atoms with Gasteiger partial charge in [-0.2, -0.15) is 0 Å². The second-order valence-electron chi connectivity index (χ2n) is 5.48. The summed E-state index contributed by atoms with van der Waals surface area (Å²) in [4.78, 5) is 7.53. The molecular weight excluding hydrogens is 298 g/mol. The smallest absolute Gasteiger partial charge is 0.261 e. The fourth-order valence-electron chi connectivity index (χ4n) is 2.53. The molecule has 0 unspecified atom stereocenters. The number of aromatic amines is 1. The van der Waals surface area contributed by atoms with Crippen LogP contribution in [0.15, 0.2) is 41.3 Å². The average Bonchev–Trinajstić information content (AvgIpc) is 2.75. The molecule has 5 nitrogen and oxygen atoms in total. The van der Waals surface area contributed by atoms with Crippen LogP contribution in [0.4, 0.5) is 5.69 Å². The van der Waals surface area contributed by atoms with Crippen molar-refractivity contribution in [2.75, 3.05) is 4.72 Å². The standard InChI is InChI=1S/C16H17N3O2S/c1-10-6-11(2)8-13(7-10)19-22(20,21)14-4-5-15-16(9-14)18-12(3)17-15/h4-9,19H,1-3H3,(H,17,18). The minimum Gasteiger partial charge on any atom is -0.342 e. The highest BCUT2D eigenvalue weighted by Crippen LogP contribution is 2.21. The first-order chi connectivity index (χ1) is 10.3. The monoisotopic (exact) mass is 315 g/mol. The van der Waals surface area contributed by atoms with E-state index in [1.54, 1.807) is 18.2 Å². The Bertz CT molecular complexity index is 938. The van der Waals surface area contributed by atoms with Gasteiger partial charge in [0.05, 0.1) is 15.9 Å². The van der Waals surface area contributed by atoms with Gasteiger partial charge in [0.1, 0.15) is 5.82 Å². The van der Waals surface area contributed by atoms with E-state index in [1.165, 1.54) is 0 Å². The highest BCUT2D eigenvalue weighted by molar-refractivity contribution is 7.92. The molecule has 0 atom stereocenters. The van der Waals surface area contributed by atoms with E-state index >= 15 is 0 Å². The number of anilines is 1. The molecule has 6 heteroatoms. The van der Waals surface area contributed by atoms with E-state index < -0.39 is 10.0 Å². The normalized spacial score (nSPS) is 11.8. The van der Waals surface area contributed by atoms with Crippen molar-refractivity contribution in [3.63, 3.8) is 0 Å². The molecule has 22 heavy (non-hydrogen) atoms. The molecule has 2 N–H and O–H groups in total. The molecule has 3 rings (SSSR count). The number of H-pyrrole nitrogens is 1. The van der Waals surface area contributed by atoms with Gasteiger partial charge in [0.2, 0.25) is 0 Å². The van der Waals surface area contributed by atoms with Crippen LogP contribution >= 0.6 is 0 Å². The largest absolute Gasteiger partial charge is 0.342 e. The van der Waals surface area contributed by atoms with E-state index in [0.717, 1.165) is 22.5 Å². The fourth-order valence-corrected chi connectivity index (χ4v) is 3.60. The molecule has 1 aromatic heterocycles. The van der Waals surface area contributed by atoms with Crippen LogP contribution in [-0.4, -0.2) is 18.4 Å². The summed E-state index contributed by atoms with van der Waals surface area (Å²) in [5.74, 6) is 0.756. The van der Waals surface area contributed by atoms with E-state index in [0.29, 0.717) is 11.2 Å². The van der Waals surface area contributed by atoms with E-state index in [-0.39, 0.29) is 4.90 Å². The summed E-state index contributed by atoms with van der Waals surface area (Å²) in [6, 6.07) is 10.5. The second-order valence-corrected chi connectivity index (χ2v) is 7.17. The van der Waals surface area contributed by atoms with Crippen LogP contribution in [0.3, 0.4) is 0 Å². The second kappa shape index (κ2) is 5.14. The van der Waals surface area contributed by atoms with Crippen LogP contribution in [0, 0.1) is 20.8 Å². The van der Waals surface area contributed by atoms with Crippen LogP contribution in [0.1, 0.15) is 17.0 Å². The van der Waals surface area contributed by atoms with Gasteiger partial charge in [-0.25, -0.2) is 13.4 Å². The van der Waals surface area contributed by atoms with Gasteiger partial charge in [-0.15, -0.1) is 0 Å². The number of nitrogens with one attached hydrogen (secondary N) is 2. The molecule has 0 aliphatic heterocycles. The van der Waals surface area contributed by atoms with Crippen LogP contribution in [0.2, 0.25) is 0 Å². The summed E-state index contributed by atoms with van der Waals surface area (Å²) in [6.45, 7) is 5.70. The SMILES string of the molecule is Cc1cc(C)cc(NS(=O)(=O)c2ccc3nc(C)[nH]c3c2)c1. The maximum Gasteiger partial charge on any atom is 0.261 e. The summed E-state index contributed by atoms with van der Waals surface area (Å²) >= 11 is 0. The van der Waals surface area contributed by atoms with E-state index in [9.17, 15) is 8.42 Å². The molecule has 2 aromatic carbocycles. The molecular formula is C16H17N3O2S. The zero-order valence-electron chi connectivity index (χ0n) is 12.6. The van der Waals surface area contributed by atoms with Gasteiger partial charge in [0, 0.05) is 5.69 Å². The molecule has 0 saturated heterocycles. The maximum absolute atomic E-state index is 12.5. The average molecular weight is 315 g/mol. The summed E-state index contributed by atoms with van der Waals surface area (Å²) in [5.41, 5.74) is 4.05. The Hall–Kier alpha value is -2.34. The van der Waals surface area contributed by atoms with Gasteiger partial charge >= 0.3 is 0 Å². The Morgan fingerprint density at radius 1 is 1.00 bits per heavy atom. The van der Waals surface area contributed by atoms with Gasteiger partial charge in [0.25, 0.3) is 10.0 Å². The molecule has 3 aromatic rings. The fraction of sp³-hybridized carbons (Fsp3) is 0.188. The van der Waals surface area contributed by atoms with Gasteiger partial charge in [-0.05, 0) is 62.2 Å².